The number of ketones is 1. The van der Waals surface area contributed by atoms with Crippen molar-refractivity contribution in [2.45, 2.75) is 65.5 Å². The Bertz CT molecular complexity index is 613. The van der Waals surface area contributed by atoms with Gasteiger partial charge in [0.25, 0.3) is 5.91 Å². The van der Waals surface area contributed by atoms with Gasteiger partial charge in [-0.1, -0.05) is 20.8 Å². The summed E-state index contributed by atoms with van der Waals surface area (Å²) < 4.78 is 5.21. The highest BCUT2D eigenvalue weighted by molar-refractivity contribution is 8.00. The monoisotopic (exact) mass is 354 g/mol. The Balaban J connectivity index is 2.15. The number of Topliss-reactive ketones (excluding diaryl/α,β-unsaturated/α-hetero) is 1. The Morgan fingerprint density at radius 1 is 1.21 bits per heavy atom. The summed E-state index contributed by atoms with van der Waals surface area (Å²) >= 11 is 1.55. The maximum Gasteiger partial charge on any atom is 0.408 e. The van der Waals surface area contributed by atoms with Crippen LogP contribution in [0.15, 0.2) is 11.3 Å². The topological polar surface area (TPSA) is 75.7 Å². The first kappa shape index (κ1) is 18.8. The van der Waals surface area contributed by atoms with E-state index in [1.165, 1.54) is 4.90 Å². The molecule has 0 aliphatic carbocycles. The van der Waals surface area contributed by atoms with E-state index in [-0.39, 0.29) is 17.1 Å². The van der Waals surface area contributed by atoms with Crippen molar-refractivity contribution in [1.29, 1.82) is 0 Å². The molecule has 0 bridgehead atoms. The lowest BCUT2D eigenvalue weighted by Gasteiger charge is -2.50. The number of allylic oxidation sites excluding steroid dienone is 1. The molecule has 6 nitrogen and oxygen atoms in total. The van der Waals surface area contributed by atoms with Gasteiger partial charge in [0.1, 0.15) is 17.0 Å². The van der Waals surface area contributed by atoms with Crippen LogP contribution in [0.25, 0.3) is 0 Å². The van der Waals surface area contributed by atoms with Crippen molar-refractivity contribution in [3.05, 3.63) is 11.3 Å². The van der Waals surface area contributed by atoms with Crippen LogP contribution in [0.1, 0.15) is 48.5 Å². The minimum atomic E-state index is -0.652. The number of fused-ring (bicyclic) bond motifs is 1. The predicted octanol–water partition coefficient (Wildman–Crippen LogP) is 2.68. The summed E-state index contributed by atoms with van der Waals surface area (Å²) in [5.41, 5.74) is 0.200. The van der Waals surface area contributed by atoms with Crippen LogP contribution in [-0.4, -0.2) is 45.5 Å². The smallest absolute Gasteiger partial charge is 0.408 e. The quantitative estimate of drug-likeness (QED) is 0.772. The second kappa shape index (κ2) is 6.10. The normalized spacial score (nSPS) is 24.3. The summed E-state index contributed by atoms with van der Waals surface area (Å²) in [5, 5.41) is 2.37. The number of carbonyl (C=O) groups excluding carboxylic acids is 3. The molecule has 2 rings (SSSR count). The molecule has 24 heavy (non-hydrogen) atoms. The summed E-state index contributed by atoms with van der Waals surface area (Å²) in [5.74, 6) is 0.359. The Morgan fingerprint density at radius 3 is 2.29 bits per heavy atom. The van der Waals surface area contributed by atoms with E-state index in [9.17, 15) is 14.4 Å². The van der Waals surface area contributed by atoms with E-state index in [0.29, 0.717) is 11.4 Å². The number of hydrogen-bond donors (Lipinski definition) is 1. The van der Waals surface area contributed by atoms with Crippen molar-refractivity contribution in [3.8, 4) is 0 Å². The predicted molar refractivity (Wildman–Crippen MR) is 93.4 cm³/mol. The van der Waals surface area contributed by atoms with Crippen molar-refractivity contribution in [2.75, 3.05) is 5.75 Å². The number of alkyl carbamates (subject to hydrolysis) is 1. The third kappa shape index (κ3) is 3.61. The first-order valence-electron chi connectivity index (χ1n) is 8.01. The van der Waals surface area contributed by atoms with Crippen LogP contribution in [0, 0.1) is 5.41 Å². The Labute approximate surface area is 147 Å². The van der Waals surface area contributed by atoms with Gasteiger partial charge in [-0.2, -0.15) is 0 Å². The number of nitrogens with zero attached hydrogens (tertiary/aromatic N) is 1. The maximum absolute atomic E-state index is 12.7. The fourth-order valence-electron chi connectivity index (χ4n) is 2.58. The number of amides is 2. The Hall–Kier alpha value is -1.50. The second-order valence-corrected chi connectivity index (χ2v) is 9.35. The largest absolute Gasteiger partial charge is 0.444 e. The number of carbonyl (C=O) groups is 3. The maximum atomic E-state index is 12.7. The zero-order chi connectivity index (χ0) is 18.4. The van der Waals surface area contributed by atoms with Gasteiger partial charge in [-0.15, -0.1) is 11.8 Å². The first-order valence-corrected chi connectivity index (χ1v) is 9.06. The van der Waals surface area contributed by atoms with Crippen LogP contribution < -0.4 is 5.32 Å². The summed E-state index contributed by atoms with van der Waals surface area (Å²) in [6, 6.07) is -0.652. The average molecular weight is 354 g/mol. The first-order chi connectivity index (χ1) is 10.8. The molecule has 134 valence electrons. The summed E-state index contributed by atoms with van der Waals surface area (Å²) in [6.07, 6.45) is -0.615. The molecule has 1 fully saturated rings. The number of β-lactam (4-membered cyclic amide) rings is 1. The molecule has 1 saturated heterocycles. The lowest BCUT2D eigenvalue weighted by atomic mass is 9.85. The molecule has 2 atom stereocenters. The van der Waals surface area contributed by atoms with Crippen LogP contribution in [0.2, 0.25) is 0 Å². The van der Waals surface area contributed by atoms with Crippen molar-refractivity contribution in [2.24, 2.45) is 5.41 Å². The van der Waals surface area contributed by atoms with Gasteiger partial charge in [-0.05, 0) is 33.3 Å². The van der Waals surface area contributed by atoms with Crippen molar-refractivity contribution in [1.82, 2.24) is 10.2 Å². The molecule has 0 spiro atoms. The van der Waals surface area contributed by atoms with Gasteiger partial charge >= 0.3 is 6.09 Å². The van der Waals surface area contributed by atoms with Crippen LogP contribution >= 0.6 is 11.8 Å². The standard InChI is InChI=1S/C17H26N2O4S/c1-9-8-24-14-10(18-15(22)23-17(5,6)7)13(21)19(14)11(9)12(20)16(2,3)4/h10,14H,8H2,1-7H3,(H,18,22)/t10-,14-/m0/s1. The molecule has 7 heteroatoms. The number of rotatable bonds is 2. The van der Waals surface area contributed by atoms with Crippen molar-refractivity contribution in [3.63, 3.8) is 0 Å². The van der Waals surface area contributed by atoms with Gasteiger partial charge in [-0.25, -0.2) is 4.79 Å². The fraction of sp³-hybridized carbons (Fsp3) is 0.706. The SMILES string of the molecule is CC1=C(C(=O)C(C)(C)C)N2C(=O)[C@H](NC(=O)OC(C)(C)C)[C@@H]2SC1. The average Bonchev–Trinajstić information content (AvgIpc) is 2.41. The zero-order valence-electron chi connectivity index (χ0n) is 15.4. The van der Waals surface area contributed by atoms with Gasteiger partial charge < -0.3 is 10.1 Å². The Kier molecular flexibility index (Phi) is 4.78. The number of nitrogens with one attached hydrogen (secondary N) is 1. The van der Waals surface area contributed by atoms with E-state index in [0.717, 1.165) is 5.57 Å². The molecule has 1 N–H and O–H groups in total. The van der Waals surface area contributed by atoms with Gasteiger partial charge in [0.05, 0.1) is 5.70 Å². The summed E-state index contributed by atoms with van der Waals surface area (Å²) in [7, 11) is 0. The van der Waals surface area contributed by atoms with E-state index in [2.05, 4.69) is 5.32 Å². The molecule has 2 heterocycles. The molecule has 0 aromatic rings. The number of thioether (sulfide) groups is 1. The van der Waals surface area contributed by atoms with Crippen LogP contribution in [0.4, 0.5) is 4.79 Å². The van der Waals surface area contributed by atoms with Crippen LogP contribution in [0.5, 0.6) is 0 Å². The van der Waals surface area contributed by atoms with E-state index < -0.39 is 23.2 Å². The zero-order valence-corrected chi connectivity index (χ0v) is 16.2. The summed E-state index contributed by atoms with van der Waals surface area (Å²) in [6.45, 7) is 12.7. The molecule has 0 aromatic carbocycles. The van der Waals surface area contributed by atoms with E-state index in [1.54, 1.807) is 32.5 Å². The van der Waals surface area contributed by atoms with E-state index in [1.807, 2.05) is 27.7 Å². The van der Waals surface area contributed by atoms with Gasteiger partial charge in [0.15, 0.2) is 5.78 Å². The highest BCUT2D eigenvalue weighted by Crippen LogP contribution is 2.42. The number of ether oxygens (including phenoxy) is 1. The molecule has 2 amide bonds. The van der Waals surface area contributed by atoms with E-state index >= 15 is 0 Å². The second-order valence-electron chi connectivity index (χ2n) is 8.24. The molecule has 2 aliphatic rings. The molecule has 2 aliphatic heterocycles. The molecule has 0 saturated carbocycles. The third-order valence-corrected chi connectivity index (χ3v) is 5.15. The molecular formula is C17H26N2O4S. The highest BCUT2D eigenvalue weighted by atomic mass is 32.2. The minimum Gasteiger partial charge on any atom is -0.444 e. The fourth-order valence-corrected chi connectivity index (χ4v) is 3.88. The molecule has 0 unspecified atom stereocenters. The van der Waals surface area contributed by atoms with Crippen molar-refractivity contribution >= 4 is 29.5 Å². The van der Waals surface area contributed by atoms with Crippen molar-refractivity contribution < 1.29 is 19.1 Å². The van der Waals surface area contributed by atoms with Gasteiger partial charge in [0, 0.05) is 11.2 Å². The Morgan fingerprint density at radius 2 is 1.79 bits per heavy atom. The molecular weight excluding hydrogens is 328 g/mol. The lowest BCUT2D eigenvalue weighted by Crippen LogP contribution is -2.71. The minimum absolute atomic E-state index is 0.0469. The van der Waals surface area contributed by atoms with Crippen LogP contribution in [0.3, 0.4) is 0 Å². The molecule has 0 radical (unpaired) electrons. The highest BCUT2D eigenvalue weighted by Gasteiger charge is 2.54. The third-order valence-electron chi connectivity index (χ3n) is 3.73. The van der Waals surface area contributed by atoms with Gasteiger partial charge in [-0.3, -0.25) is 14.5 Å². The molecule has 0 aromatic heterocycles. The van der Waals surface area contributed by atoms with E-state index in [4.69, 9.17) is 4.74 Å². The number of hydrogen-bond acceptors (Lipinski definition) is 5. The summed E-state index contributed by atoms with van der Waals surface area (Å²) in [4.78, 5) is 38.7. The van der Waals surface area contributed by atoms with Gasteiger partial charge in [0.2, 0.25) is 0 Å². The lowest BCUT2D eigenvalue weighted by molar-refractivity contribution is -0.146. The van der Waals surface area contributed by atoms with Crippen LogP contribution in [-0.2, 0) is 14.3 Å².